The average Bonchev–Trinajstić information content (AvgIpc) is 2.64. The van der Waals surface area contributed by atoms with E-state index in [9.17, 15) is 14.4 Å². The Hall–Kier alpha value is -3.35. The van der Waals surface area contributed by atoms with Crippen molar-refractivity contribution < 1.29 is 19.1 Å². The number of nitrogens with zero attached hydrogens (tertiary/aromatic N) is 1. The monoisotopic (exact) mass is 367 g/mol. The van der Waals surface area contributed by atoms with Crippen LogP contribution in [-0.2, 0) is 14.4 Å². The molecule has 7 heteroatoms. The maximum absolute atomic E-state index is 12.5. The second kappa shape index (κ2) is 7.90. The highest BCUT2D eigenvalue weighted by molar-refractivity contribution is 6.13. The van der Waals surface area contributed by atoms with Crippen molar-refractivity contribution in [2.75, 3.05) is 22.1 Å². The van der Waals surface area contributed by atoms with E-state index in [-0.39, 0.29) is 24.1 Å². The van der Waals surface area contributed by atoms with Crippen molar-refractivity contribution in [2.24, 2.45) is 0 Å². The van der Waals surface area contributed by atoms with Crippen molar-refractivity contribution in [3.05, 3.63) is 48.5 Å². The molecule has 0 fully saturated rings. The van der Waals surface area contributed by atoms with Crippen LogP contribution in [0, 0.1) is 0 Å². The fraction of sp³-hybridized carbons (Fsp3) is 0.250. The SMILES string of the molecule is CCOc1ccc(NC(=O)C[C@@H]2C(=O)Nc3ccccc3N2C(C)=O)cc1. The second-order valence-electron chi connectivity index (χ2n) is 6.12. The summed E-state index contributed by atoms with van der Waals surface area (Å²) in [6, 6.07) is 13.1. The van der Waals surface area contributed by atoms with Crippen LogP contribution in [0.2, 0.25) is 0 Å². The topological polar surface area (TPSA) is 87.7 Å². The number of carbonyl (C=O) groups excluding carboxylic acids is 3. The molecule has 1 aliphatic rings. The molecule has 3 rings (SSSR count). The molecule has 7 nitrogen and oxygen atoms in total. The zero-order valence-corrected chi connectivity index (χ0v) is 15.2. The summed E-state index contributed by atoms with van der Waals surface area (Å²) in [7, 11) is 0. The third-order valence-corrected chi connectivity index (χ3v) is 4.20. The van der Waals surface area contributed by atoms with Crippen molar-refractivity contribution in [1.82, 2.24) is 0 Å². The molecule has 0 radical (unpaired) electrons. The Morgan fingerprint density at radius 1 is 1.15 bits per heavy atom. The number of carbonyl (C=O) groups is 3. The van der Waals surface area contributed by atoms with Gasteiger partial charge >= 0.3 is 0 Å². The zero-order valence-electron chi connectivity index (χ0n) is 15.2. The fourth-order valence-corrected chi connectivity index (χ4v) is 3.05. The van der Waals surface area contributed by atoms with E-state index < -0.39 is 6.04 Å². The number of ether oxygens (including phenoxy) is 1. The minimum atomic E-state index is -0.903. The molecule has 27 heavy (non-hydrogen) atoms. The van der Waals surface area contributed by atoms with Crippen LogP contribution in [0.1, 0.15) is 20.3 Å². The first kappa shape index (κ1) is 18.4. The Balaban J connectivity index is 1.74. The van der Waals surface area contributed by atoms with Crippen LogP contribution in [0.4, 0.5) is 17.1 Å². The minimum absolute atomic E-state index is 0.146. The number of anilines is 3. The first-order valence-corrected chi connectivity index (χ1v) is 8.72. The van der Waals surface area contributed by atoms with Gasteiger partial charge in [-0.1, -0.05) is 12.1 Å². The molecular weight excluding hydrogens is 346 g/mol. The normalized spacial score (nSPS) is 15.6. The van der Waals surface area contributed by atoms with Crippen molar-refractivity contribution in [1.29, 1.82) is 0 Å². The lowest BCUT2D eigenvalue weighted by atomic mass is 10.0. The smallest absolute Gasteiger partial charge is 0.248 e. The van der Waals surface area contributed by atoms with Crippen LogP contribution in [0.5, 0.6) is 5.75 Å². The summed E-state index contributed by atoms with van der Waals surface area (Å²) in [5.41, 5.74) is 1.73. The molecule has 0 bridgehead atoms. The predicted octanol–water partition coefficient (Wildman–Crippen LogP) is 2.79. The molecule has 0 aromatic heterocycles. The summed E-state index contributed by atoms with van der Waals surface area (Å²) in [6.45, 7) is 3.83. The van der Waals surface area contributed by atoms with Gasteiger partial charge in [-0.2, -0.15) is 0 Å². The van der Waals surface area contributed by atoms with Gasteiger partial charge in [-0.05, 0) is 43.3 Å². The minimum Gasteiger partial charge on any atom is -0.494 e. The van der Waals surface area contributed by atoms with E-state index in [1.165, 1.54) is 11.8 Å². The Morgan fingerprint density at radius 3 is 2.52 bits per heavy atom. The molecule has 1 heterocycles. The number of hydrogen-bond acceptors (Lipinski definition) is 4. The molecule has 1 atom stereocenters. The molecule has 2 aromatic rings. The van der Waals surface area contributed by atoms with Gasteiger partial charge in [-0.15, -0.1) is 0 Å². The molecule has 0 aliphatic carbocycles. The molecule has 3 amide bonds. The van der Waals surface area contributed by atoms with Gasteiger partial charge in [0, 0.05) is 12.6 Å². The number of amides is 3. The Bertz CT molecular complexity index is 864. The summed E-state index contributed by atoms with van der Waals surface area (Å²) < 4.78 is 5.37. The van der Waals surface area contributed by atoms with Gasteiger partial charge in [-0.25, -0.2) is 0 Å². The lowest BCUT2D eigenvalue weighted by molar-refractivity contribution is -0.125. The van der Waals surface area contributed by atoms with Gasteiger partial charge in [0.05, 0.1) is 24.4 Å². The maximum atomic E-state index is 12.5. The highest BCUT2D eigenvalue weighted by atomic mass is 16.5. The van der Waals surface area contributed by atoms with E-state index in [0.29, 0.717) is 29.4 Å². The zero-order chi connectivity index (χ0) is 19.4. The van der Waals surface area contributed by atoms with Crippen molar-refractivity contribution >= 4 is 34.8 Å². The summed E-state index contributed by atoms with van der Waals surface area (Å²) in [5, 5.41) is 5.51. The van der Waals surface area contributed by atoms with Gasteiger partial charge in [0.25, 0.3) is 0 Å². The van der Waals surface area contributed by atoms with E-state index in [1.807, 2.05) is 6.92 Å². The number of fused-ring (bicyclic) bond motifs is 1. The van der Waals surface area contributed by atoms with E-state index in [0.717, 1.165) is 0 Å². The van der Waals surface area contributed by atoms with E-state index in [2.05, 4.69) is 10.6 Å². The molecule has 1 aliphatic heterocycles. The molecule has 2 aromatic carbocycles. The summed E-state index contributed by atoms with van der Waals surface area (Å²) in [5.74, 6) is -0.326. The van der Waals surface area contributed by atoms with Crippen LogP contribution >= 0.6 is 0 Å². The lowest BCUT2D eigenvalue weighted by Crippen LogP contribution is -2.51. The highest BCUT2D eigenvalue weighted by Crippen LogP contribution is 2.33. The first-order valence-electron chi connectivity index (χ1n) is 8.72. The number of rotatable bonds is 5. The van der Waals surface area contributed by atoms with Crippen molar-refractivity contribution in [3.8, 4) is 5.75 Å². The average molecular weight is 367 g/mol. The number of benzene rings is 2. The molecule has 0 saturated heterocycles. The maximum Gasteiger partial charge on any atom is 0.248 e. The van der Waals surface area contributed by atoms with Gasteiger partial charge in [0.15, 0.2) is 0 Å². The van der Waals surface area contributed by atoms with E-state index in [1.54, 1.807) is 48.5 Å². The third kappa shape index (κ3) is 4.08. The molecule has 140 valence electrons. The molecule has 0 saturated carbocycles. The predicted molar refractivity (Wildman–Crippen MR) is 103 cm³/mol. The highest BCUT2D eigenvalue weighted by Gasteiger charge is 2.36. The number of hydrogen-bond donors (Lipinski definition) is 2. The Morgan fingerprint density at radius 2 is 1.85 bits per heavy atom. The van der Waals surface area contributed by atoms with E-state index in [4.69, 9.17) is 4.74 Å². The second-order valence-corrected chi connectivity index (χ2v) is 6.12. The van der Waals surface area contributed by atoms with Crippen LogP contribution in [-0.4, -0.2) is 30.4 Å². The first-order chi connectivity index (χ1) is 13.0. The lowest BCUT2D eigenvalue weighted by Gasteiger charge is -2.35. The molecule has 2 N–H and O–H groups in total. The van der Waals surface area contributed by atoms with Gasteiger partial charge in [0.1, 0.15) is 11.8 Å². The van der Waals surface area contributed by atoms with Gasteiger partial charge < -0.3 is 15.4 Å². The van der Waals surface area contributed by atoms with Gasteiger partial charge in [0.2, 0.25) is 17.7 Å². The fourth-order valence-electron chi connectivity index (χ4n) is 3.05. The van der Waals surface area contributed by atoms with E-state index >= 15 is 0 Å². The molecule has 0 spiro atoms. The largest absolute Gasteiger partial charge is 0.494 e. The van der Waals surface area contributed by atoms with Crippen LogP contribution < -0.4 is 20.3 Å². The third-order valence-electron chi connectivity index (χ3n) is 4.20. The number of nitrogens with one attached hydrogen (secondary N) is 2. The van der Waals surface area contributed by atoms with Crippen LogP contribution in [0.25, 0.3) is 0 Å². The molecular formula is C20H21N3O4. The molecule has 0 unspecified atom stereocenters. The summed E-state index contributed by atoms with van der Waals surface area (Å²) in [4.78, 5) is 38.5. The van der Waals surface area contributed by atoms with Crippen molar-refractivity contribution in [3.63, 3.8) is 0 Å². The van der Waals surface area contributed by atoms with Crippen LogP contribution in [0.15, 0.2) is 48.5 Å². The Kier molecular flexibility index (Phi) is 5.40. The quantitative estimate of drug-likeness (QED) is 0.851. The standard InChI is InChI=1S/C20H21N3O4/c1-3-27-15-10-8-14(9-11-15)21-19(25)12-18-20(26)22-16-6-4-5-7-17(16)23(18)13(2)24/h4-11,18H,3,12H2,1-2H3,(H,21,25)(H,22,26)/t18-/m1/s1. The van der Waals surface area contributed by atoms with Gasteiger partial charge in [-0.3, -0.25) is 19.3 Å². The van der Waals surface area contributed by atoms with Crippen molar-refractivity contribution in [2.45, 2.75) is 26.3 Å². The summed E-state index contributed by atoms with van der Waals surface area (Å²) in [6.07, 6.45) is -0.146. The summed E-state index contributed by atoms with van der Waals surface area (Å²) >= 11 is 0. The Labute approximate surface area is 157 Å². The number of para-hydroxylation sites is 2. The van der Waals surface area contributed by atoms with Crippen LogP contribution in [0.3, 0.4) is 0 Å².